The highest BCUT2D eigenvalue weighted by Gasteiger charge is 2.18. The van der Waals surface area contributed by atoms with E-state index in [2.05, 4.69) is 79.5 Å². The van der Waals surface area contributed by atoms with Crippen LogP contribution in [0.5, 0.6) is 0 Å². The lowest BCUT2D eigenvalue weighted by Crippen LogP contribution is -2.14. The molecule has 0 atom stereocenters. The van der Waals surface area contributed by atoms with Crippen molar-refractivity contribution < 1.29 is 0 Å². The van der Waals surface area contributed by atoms with E-state index in [1.54, 1.807) is 0 Å². The largest absolute Gasteiger partial charge is 0.241 e. The molecule has 1 aliphatic carbocycles. The molecule has 0 aliphatic heterocycles. The minimum atomic E-state index is 0.787. The molecule has 1 saturated carbocycles. The number of aromatic nitrogens is 2. The molecule has 0 unspecified atom stereocenters. The van der Waals surface area contributed by atoms with Crippen LogP contribution in [0.1, 0.15) is 65.6 Å². The molecule has 5 rings (SSSR count). The van der Waals surface area contributed by atoms with Gasteiger partial charge in [-0.25, -0.2) is 9.97 Å². The molecule has 2 aromatic carbocycles. The highest BCUT2D eigenvalue weighted by molar-refractivity contribution is 7.15. The van der Waals surface area contributed by atoms with Gasteiger partial charge in [0.25, 0.3) is 0 Å². The van der Waals surface area contributed by atoms with E-state index < -0.39 is 0 Å². The van der Waals surface area contributed by atoms with Gasteiger partial charge in [0.15, 0.2) is 0 Å². The van der Waals surface area contributed by atoms with Crippen molar-refractivity contribution in [2.75, 3.05) is 0 Å². The molecule has 4 aromatic rings. The number of nitrogens with zero attached hydrogens (tertiary/aromatic N) is 2. The average Bonchev–Trinajstić information content (AvgIpc) is 3.34. The molecular formula is C32H36N2S. The lowest BCUT2D eigenvalue weighted by molar-refractivity contribution is 0.289. The van der Waals surface area contributed by atoms with Crippen molar-refractivity contribution in [2.45, 2.75) is 65.2 Å². The quantitative estimate of drug-likeness (QED) is 0.254. The highest BCUT2D eigenvalue weighted by atomic mass is 32.1. The Labute approximate surface area is 214 Å². The first-order chi connectivity index (χ1) is 17.1. The van der Waals surface area contributed by atoms with E-state index in [1.165, 1.54) is 64.1 Å². The molecule has 3 heteroatoms. The van der Waals surface area contributed by atoms with Gasteiger partial charge in [0.05, 0.1) is 10.6 Å². The fourth-order valence-corrected chi connectivity index (χ4v) is 6.30. The second kappa shape index (κ2) is 11.3. The summed E-state index contributed by atoms with van der Waals surface area (Å²) < 4.78 is 0. The third-order valence-corrected chi connectivity index (χ3v) is 8.54. The Hall–Kier alpha value is -2.78. The predicted molar refractivity (Wildman–Crippen MR) is 148 cm³/mol. The Morgan fingerprint density at radius 2 is 1.63 bits per heavy atom. The Bertz CT molecular complexity index is 1250. The van der Waals surface area contributed by atoms with E-state index in [-0.39, 0.29) is 0 Å². The second-order valence-electron chi connectivity index (χ2n) is 10.4. The van der Waals surface area contributed by atoms with Gasteiger partial charge in [0.2, 0.25) is 0 Å². The predicted octanol–water partition coefficient (Wildman–Crippen LogP) is 8.26. The van der Waals surface area contributed by atoms with E-state index in [0.29, 0.717) is 0 Å². The molecule has 2 aromatic heterocycles. The van der Waals surface area contributed by atoms with Gasteiger partial charge < -0.3 is 0 Å². The summed E-state index contributed by atoms with van der Waals surface area (Å²) in [5.74, 6) is 2.66. The van der Waals surface area contributed by atoms with Gasteiger partial charge >= 0.3 is 0 Å². The lowest BCUT2D eigenvalue weighted by atomic mass is 9.80. The summed E-state index contributed by atoms with van der Waals surface area (Å²) in [4.78, 5) is 12.2. The summed E-state index contributed by atoms with van der Waals surface area (Å²) in [5, 5.41) is 0. The summed E-state index contributed by atoms with van der Waals surface area (Å²) in [6, 6.07) is 24.4. The minimum Gasteiger partial charge on any atom is -0.241 e. The van der Waals surface area contributed by atoms with Crippen LogP contribution in [0, 0.1) is 18.8 Å². The van der Waals surface area contributed by atoms with Crippen LogP contribution in [-0.2, 0) is 25.7 Å². The van der Waals surface area contributed by atoms with Gasteiger partial charge in [-0.05, 0) is 85.8 Å². The molecule has 0 bridgehead atoms. The van der Waals surface area contributed by atoms with Gasteiger partial charge in [-0.3, -0.25) is 0 Å². The third-order valence-electron chi connectivity index (χ3n) is 7.38. The van der Waals surface area contributed by atoms with Crippen molar-refractivity contribution in [3.05, 3.63) is 106 Å². The normalized spacial score (nSPS) is 18.0. The second-order valence-corrected chi connectivity index (χ2v) is 11.6. The SMILES string of the molecule is Cc1cccc(CCc2ccc(-c3ccnc(Cc4cccc(CC5CCC(C)CC5)c4)n3)s2)c1. The topological polar surface area (TPSA) is 25.8 Å². The summed E-state index contributed by atoms with van der Waals surface area (Å²) >= 11 is 1.86. The van der Waals surface area contributed by atoms with Crippen molar-refractivity contribution in [1.29, 1.82) is 0 Å². The molecule has 1 fully saturated rings. The van der Waals surface area contributed by atoms with E-state index in [4.69, 9.17) is 4.98 Å². The van der Waals surface area contributed by atoms with E-state index in [0.717, 1.165) is 42.6 Å². The minimum absolute atomic E-state index is 0.787. The standard InChI is InChI=1S/C32H36N2S/c1-23-9-11-26(12-10-23)20-27-7-4-8-28(21-27)22-32-33-18-17-30(34-32)31-16-15-29(35-31)14-13-25-6-3-5-24(2)19-25/h3-8,15-19,21,23,26H,9-14,20,22H2,1-2H3. The van der Waals surface area contributed by atoms with Gasteiger partial charge in [0, 0.05) is 17.5 Å². The molecule has 0 saturated heterocycles. The van der Waals surface area contributed by atoms with Gasteiger partial charge in [-0.1, -0.05) is 73.9 Å². The maximum Gasteiger partial charge on any atom is 0.133 e. The maximum atomic E-state index is 4.93. The van der Waals surface area contributed by atoms with Crippen molar-refractivity contribution in [3.63, 3.8) is 0 Å². The number of aryl methyl sites for hydroxylation is 3. The monoisotopic (exact) mass is 480 g/mol. The molecule has 2 heterocycles. The summed E-state index contributed by atoms with van der Waals surface area (Å²) in [6.45, 7) is 4.56. The summed E-state index contributed by atoms with van der Waals surface area (Å²) in [5.41, 5.74) is 6.56. The van der Waals surface area contributed by atoms with Crippen LogP contribution < -0.4 is 0 Å². The van der Waals surface area contributed by atoms with Gasteiger partial charge in [-0.15, -0.1) is 11.3 Å². The number of thiophene rings is 1. The fourth-order valence-electron chi connectivity index (χ4n) is 5.32. The number of rotatable bonds is 8. The Morgan fingerprint density at radius 3 is 2.49 bits per heavy atom. The van der Waals surface area contributed by atoms with E-state index >= 15 is 0 Å². The highest BCUT2D eigenvalue weighted by Crippen LogP contribution is 2.31. The van der Waals surface area contributed by atoms with Crippen LogP contribution in [-0.4, -0.2) is 9.97 Å². The zero-order valence-electron chi connectivity index (χ0n) is 21.0. The Kier molecular flexibility index (Phi) is 7.73. The van der Waals surface area contributed by atoms with E-state index in [9.17, 15) is 0 Å². The smallest absolute Gasteiger partial charge is 0.133 e. The number of hydrogen-bond donors (Lipinski definition) is 0. The Balaban J connectivity index is 1.22. The van der Waals surface area contributed by atoms with Crippen LogP contribution in [0.25, 0.3) is 10.6 Å². The van der Waals surface area contributed by atoms with E-state index in [1.807, 2.05) is 23.6 Å². The zero-order valence-corrected chi connectivity index (χ0v) is 21.9. The molecule has 180 valence electrons. The van der Waals surface area contributed by atoms with Crippen LogP contribution in [0.15, 0.2) is 72.9 Å². The molecular weight excluding hydrogens is 444 g/mol. The molecule has 0 N–H and O–H groups in total. The Morgan fingerprint density at radius 1 is 0.829 bits per heavy atom. The molecule has 0 radical (unpaired) electrons. The summed E-state index contributed by atoms with van der Waals surface area (Å²) in [6.07, 6.45) is 11.6. The molecule has 35 heavy (non-hydrogen) atoms. The third kappa shape index (κ3) is 6.67. The maximum absolute atomic E-state index is 4.93. The lowest BCUT2D eigenvalue weighted by Gasteiger charge is -2.26. The summed E-state index contributed by atoms with van der Waals surface area (Å²) in [7, 11) is 0. The van der Waals surface area contributed by atoms with Crippen molar-refractivity contribution in [1.82, 2.24) is 9.97 Å². The first-order valence-electron chi connectivity index (χ1n) is 13.1. The first-order valence-corrected chi connectivity index (χ1v) is 14.0. The van der Waals surface area contributed by atoms with Crippen LogP contribution in [0.4, 0.5) is 0 Å². The fraction of sp³-hybridized carbons (Fsp3) is 0.375. The van der Waals surface area contributed by atoms with Crippen LogP contribution in [0.2, 0.25) is 0 Å². The number of hydrogen-bond acceptors (Lipinski definition) is 3. The number of benzene rings is 2. The molecule has 2 nitrogen and oxygen atoms in total. The van der Waals surface area contributed by atoms with Crippen molar-refractivity contribution in [2.24, 2.45) is 11.8 Å². The average molecular weight is 481 g/mol. The molecule has 0 amide bonds. The van der Waals surface area contributed by atoms with Crippen LogP contribution in [0.3, 0.4) is 0 Å². The van der Waals surface area contributed by atoms with Crippen molar-refractivity contribution in [3.8, 4) is 10.6 Å². The molecule has 1 aliphatic rings. The van der Waals surface area contributed by atoms with Crippen molar-refractivity contribution >= 4 is 11.3 Å². The zero-order chi connectivity index (χ0) is 24.0. The van der Waals surface area contributed by atoms with Gasteiger partial charge in [0.1, 0.15) is 5.82 Å². The van der Waals surface area contributed by atoms with Gasteiger partial charge in [-0.2, -0.15) is 0 Å². The van der Waals surface area contributed by atoms with Crippen LogP contribution >= 0.6 is 11.3 Å². The first kappa shape index (κ1) is 23.9. The molecule has 0 spiro atoms.